The first-order chi connectivity index (χ1) is 13.2. The van der Waals surface area contributed by atoms with Gasteiger partial charge in [0.1, 0.15) is 11.5 Å². The summed E-state index contributed by atoms with van der Waals surface area (Å²) in [5.41, 5.74) is 0. The summed E-state index contributed by atoms with van der Waals surface area (Å²) in [5.74, 6) is 1.06. The van der Waals surface area contributed by atoms with Crippen molar-refractivity contribution < 1.29 is 35.4 Å². The largest absolute Gasteiger partial charge is 0.494 e. The van der Waals surface area contributed by atoms with Gasteiger partial charge >= 0.3 is 0 Å². The van der Waals surface area contributed by atoms with Gasteiger partial charge in [-0.15, -0.1) is 0 Å². The second-order valence-corrected chi connectivity index (χ2v) is 8.85. The van der Waals surface area contributed by atoms with E-state index >= 15 is 0 Å². The van der Waals surface area contributed by atoms with Crippen LogP contribution in [0, 0.1) is 0 Å². The van der Waals surface area contributed by atoms with Crippen molar-refractivity contribution in [3.8, 4) is 11.5 Å². The van der Waals surface area contributed by atoms with Gasteiger partial charge in [0.05, 0.1) is 23.0 Å². The van der Waals surface area contributed by atoms with Gasteiger partial charge in [-0.25, -0.2) is 0 Å². The number of hydrogen-bond donors (Lipinski definition) is 2. The molecule has 10 heteroatoms. The molecule has 0 spiro atoms. The average Bonchev–Trinajstić information content (AvgIpc) is 2.63. The molecule has 0 fully saturated rings. The van der Waals surface area contributed by atoms with Crippen molar-refractivity contribution in [2.75, 3.05) is 13.2 Å². The van der Waals surface area contributed by atoms with Gasteiger partial charge in [-0.3, -0.25) is 9.11 Å². The summed E-state index contributed by atoms with van der Waals surface area (Å²) in [5, 5.41) is 0. The van der Waals surface area contributed by atoms with E-state index in [1.165, 1.54) is 48.5 Å². The van der Waals surface area contributed by atoms with Crippen LogP contribution in [0.3, 0.4) is 0 Å². The Morgan fingerprint density at radius 3 is 1.18 bits per heavy atom. The first-order valence-electron chi connectivity index (χ1n) is 8.57. The number of rotatable bonds is 11. The molecular weight excluding hydrogens is 408 g/mol. The molecule has 0 heterocycles. The number of benzene rings is 2. The second kappa shape index (κ2) is 9.87. The van der Waals surface area contributed by atoms with Gasteiger partial charge in [-0.2, -0.15) is 16.8 Å². The lowest BCUT2D eigenvalue weighted by Gasteiger charge is -2.08. The Labute approximate surface area is 164 Å². The molecule has 2 aromatic carbocycles. The molecule has 0 saturated carbocycles. The SMILES string of the molecule is O=S(=O)(O)c1ccc(OCCCCCCOc2ccc(S(=O)(=O)O)cc2)cc1. The molecule has 0 aromatic heterocycles. The van der Waals surface area contributed by atoms with Crippen LogP contribution in [0.25, 0.3) is 0 Å². The van der Waals surface area contributed by atoms with Crippen LogP contribution in [-0.2, 0) is 20.2 Å². The first-order valence-corrected chi connectivity index (χ1v) is 11.4. The Hall–Kier alpha value is -2.14. The highest BCUT2D eigenvalue weighted by atomic mass is 32.2. The lowest BCUT2D eigenvalue weighted by Crippen LogP contribution is -2.01. The molecule has 2 rings (SSSR count). The fourth-order valence-corrected chi connectivity index (χ4v) is 3.31. The Balaban J connectivity index is 1.57. The van der Waals surface area contributed by atoms with Crippen LogP contribution in [0.1, 0.15) is 25.7 Å². The third-order valence-corrected chi connectivity index (χ3v) is 5.56. The van der Waals surface area contributed by atoms with Crippen LogP contribution < -0.4 is 9.47 Å². The van der Waals surface area contributed by atoms with Gasteiger partial charge in [0.2, 0.25) is 0 Å². The molecule has 0 saturated heterocycles. The van der Waals surface area contributed by atoms with E-state index in [9.17, 15) is 16.8 Å². The van der Waals surface area contributed by atoms with Gasteiger partial charge < -0.3 is 9.47 Å². The Bertz CT molecular complexity index is 868. The predicted octanol–water partition coefficient (Wildman–Crippen LogP) is 3.20. The summed E-state index contributed by atoms with van der Waals surface area (Å²) in [6, 6.07) is 11.1. The van der Waals surface area contributed by atoms with E-state index in [4.69, 9.17) is 18.6 Å². The number of unbranched alkanes of at least 4 members (excludes halogenated alkanes) is 3. The van der Waals surface area contributed by atoms with Crippen molar-refractivity contribution in [3.05, 3.63) is 48.5 Å². The van der Waals surface area contributed by atoms with Crippen LogP contribution in [0.2, 0.25) is 0 Å². The third-order valence-electron chi connectivity index (χ3n) is 3.82. The van der Waals surface area contributed by atoms with E-state index in [2.05, 4.69) is 0 Å². The maximum absolute atomic E-state index is 10.9. The van der Waals surface area contributed by atoms with E-state index in [-0.39, 0.29) is 9.79 Å². The molecule has 0 amide bonds. The molecule has 8 nitrogen and oxygen atoms in total. The fraction of sp³-hybridized carbons (Fsp3) is 0.333. The van der Waals surface area contributed by atoms with Crippen molar-refractivity contribution in [2.24, 2.45) is 0 Å². The molecule has 0 aliphatic rings. The standard InChI is InChI=1S/C18H22O8S2/c19-27(20,21)17-9-5-15(6-10-17)25-13-3-1-2-4-14-26-16-7-11-18(12-8-16)28(22,23)24/h5-12H,1-4,13-14H2,(H,19,20,21)(H,22,23,24). The summed E-state index contributed by atoms with van der Waals surface area (Å²) in [6.07, 6.45) is 3.49. The number of hydrogen-bond acceptors (Lipinski definition) is 6. The topological polar surface area (TPSA) is 127 Å². The zero-order chi connectivity index (χ0) is 20.6. The Morgan fingerprint density at radius 1 is 0.571 bits per heavy atom. The molecule has 0 radical (unpaired) electrons. The van der Waals surface area contributed by atoms with Crippen LogP contribution >= 0.6 is 0 Å². The van der Waals surface area contributed by atoms with Crippen LogP contribution in [0.5, 0.6) is 11.5 Å². The summed E-state index contributed by atoms with van der Waals surface area (Å²) in [6.45, 7) is 0.979. The van der Waals surface area contributed by atoms with E-state index in [1.807, 2.05) is 0 Å². The van der Waals surface area contributed by atoms with Gasteiger partial charge in [0.25, 0.3) is 20.2 Å². The molecule has 0 unspecified atom stereocenters. The summed E-state index contributed by atoms with van der Waals surface area (Å²) in [4.78, 5) is -0.347. The zero-order valence-electron chi connectivity index (χ0n) is 15.0. The van der Waals surface area contributed by atoms with E-state index < -0.39 is 20.2 Å². The van der Waals surface area contributed by atoms with Crippen molar-refractivity contribution in [1.82, 2.24) is 0 Å². The lowest BCUT2D eigenvalue weighted by molar-refractivity contribution is 0.287. The van der Waals surface area contributed by atoms with Crippen LogP contribution in [0.15, 0.2) is 58.3 Å². The molecule has 0 aliphatic carbocycles. The summed E-state index contributed by atoms with van der Waals surface area (Å²) < 4.78 is 72.6. The predicted molar refractivity (Wildman–Crippen MR) is 102 cm³/mol. The molecule has 2 N–H and O–H groups in total. The lowest BCUT2D eigenvalue weighted by atomic mass is 10.2. The maximum Gasteiger partial charge on any atom is 0.294 e. The smallest absolute Gasteiger partial charge is 0.294 e. The quantitative estimate of drug-likeness (QED) is 0.411. The average molecular weight is 430 g/mol. The van der Waals surface area contributed by atoms with Crippen LogP contribution in [0.4, 0.5) is 0 Å². The molecule has 0 aliphatic heterocycles. The van der Waals surface area contributed by atoms with Crippen molar-refractivity contribution in [1.29, 1.82) is 0 Å². The van der Waals surface area contributed by atoms with Crippen molar-refractivity contribution in [2.45, 2.75) is 35.5 Å². The molecular formula is C18H22O8S2. The minimum absolute atomic E-state index is 0.174. The van der Waals surface area contributed by atoms with Gasteiger partial charge in [-0.1, -0.05) is 0 Å². The molecule has 0 atom stereocenters. The molecule has 2 aromatic rings. The normalized spacial score (nSPS) is 11.9. The maximum atomic E-state index is 10.9. The molecule has 154 valence electrons. The highest BCUT2D eigenvalue weighted by molar-refractivity contribution is 7.86. The highest BCUT2D eigenvalue weighted by Crippen LogP contribution is 2.17. The monoisotopic (exact) mass is 430 g/mol. The second-order valence-electron chi connectivity index (χ2n) is 6.00. The first kappa shape index (κ1) is 22.2. The molecule has 28 heavy (non-hydrogen) atoms. The highest BCUT2D eigenvalue weighted by Gasteiger charge is 2.09. The van der Waals surface area contributed by atoms with Crippen molar-refractivity contribution in [3.63, 3.8) is 0 Å². The zero-order valence-corrected chi connectivity index (χ0v) is 16.7. The van der Waals surface area contributed by atoms with Crippen molar-refractivity contribution >= 4 is 20.2 Å². The Kier molecular flexibility index (Phi) is 7.81. The minimum atomic E-state index is -4.19. The van der Waals surface area contributed by atoms with Gasteiger partial charge in [0.15, 0.2) is 0 Å². The Morgan fingerprint density at radius 2 is 0.893 bits per heavy atom. The summed E-state index contributed by atoms with van der Waals surface area (Å²) in [7, 11) is -8.38. The van der Waals surface area contributed by atoms with E-state index in [0.717, 1.165) is 25.7 Å². The van der Waals surface area contributed by atoms with E-state index in [1.54, 1.807) is 0 Å². The van der Waals surface area contributed by atoms with Gasteiger partial charge in [-0.05, 0) is 74.2 Å². The van der Waals surface area contributed by atoms with Gasteiger partial charge in [0, 0.05) is 0 Å². The number of ether oxygens (including phenoxy) is 2. The van der Waals surface area contributed by atoms with Crippen LogP contribution in [-0.4, -0.2) is 39.2 Å². The van der Waals surface area contributed by atoms with E-state index in [0.29, 0.717) is 24.7 Å². The minimum Gasteiger partial charge on any atom is -0.494 e. The third kappa shape index (κ3) is 7.47. The summed E-state index contributed by atoms with van der Waals surface area (Å²) >= 11 is 0. The molecule has 0 bridgehead atoms. The fourth-order valence-electron chi connectivity index (χ4n) is 2.35.